The van der Waals surface area contributed by atoms with Crippen LogP contribution in [0.25, 0.3) is 0 Å². The summed E-state index contributed by atoms with van der Waals surface area (Å²) in [5.41, 5.74) is 2.34. The molecule has 0 fully saturated rings. The fourth-order valence-electron chi connectivity index (χ4n) is 2.97. The van der Waals surface area contributed by atoms with Crippen molar-refractivity contribution in [3.8, 4) is 0 Å². The molecule has 2 aromatic carbocycles. The number of hydrogen-bond acceptors (Lipinski definition) is 4. The van der Waals surface area contributed by atoms with Gasteiger partial charge in [-0.15, -0.1) is 24.0 Å². The lowest BCUT2D eigenvalue weighted by atomic mass is 10.1. The van der Waals surface area contributed by atoms with Crippen molar-refractivity contribution in [2.45, 2.75) is 31.7 Å². The Morgan fingerprint density at radius 2 is 1.62 bits per heavy atom. The molecule has 0 saturated heterocycles. The standard InChI is InChI=1S/C22H29FN4O3S.HI/c1-4-24-22(27-15-18-7-10-20(16(2)13-18)31(3,29)30)26-12-11-25-21(28)14-17-5-8-19(23)9-6-17;/h5-10,13H,4,11-12,14-15H2,1-3H3,(H,25,28)(H2,24,26,27);1H. The summed E-state index contributed by atoms with van der Waals surface area (Å²) in [6, 6.07) is 11.0. The van der Waals surface area contributed by atoms with E-state index in [1.807, 2.05) is 13.0 Å². The van der Waals surface area contributed by atoms with Crippen LogP contribution < -0.4 is 16.0 Å². The third-order valence-corrected chi connectivity index (χ3v) is 5.68. The monoisotopic (exact) mass is 576 g/mol. The number of rotatable bonds is 9. The fraction of sp³-hybridized carbons (Fsp3) is 0.364. The van der Waals surface area contributed by atoms with Crippen LogP contribution in [0.15, 0.2) is 52.4 Å². The van der Waals surface area contributed by atoms with E-state index in [0.717, 1.165) is 11.1 Å². The molecule has 0 aliphatic heterocycles. The van der Waals surface area contributed by atoms with Gasteiger partial charge in [-0.2, -0.15) is 0 Å². The molecule has 2 aromatic rings. The van der Waals surface area contributed by atoms with Crippen molar-refractivity contribution in [1.29, 1.82) is 0 Å². The third-order valence-electron chi connectivity index (χ3n) is 4.42. The van der Waals surface area contributed by atoms with Gasteiger partial charge in [-0.3, -0.25) is 4.79 Å². The van der Waals surface area contributed by atoms with Crippen LogP contribution in [0.3, 0.4) is 0 Å². The molecular weight excluding hydrogens is 546 g/mol. The Balaban J connectivity index is 0.00000512. The number of amides is 1. The molecule has 7 nitrogen and oxygen atoms in total. The molecule has 0 spiro atoms. The number of hydrogen-bond donors (Lipinski definition) is 3. The molecule has 0 aliphatic rings. The van der Waals surface area contributed by atoms with E-state index in [9.17, 15) is 17.6 Å². The maximum Gasteiger partial charge on any atom is 0.224 e. The van der Waals surface area contributed by atoms with E-state index in [-0.39, 0.29) is 42.1 Å². The zero-order valence-electron chi connectivity index (χ0n) is 18.4. The normalized spacial score (nSPS) is 11.4. The maximum atomic E-state index is 12.9. The first-order valence-electron chi connectivity index (χ1n) is 10.0. The molecule has 0 radical (unpaired) electrons. The molecule has 3 N–H and O–H groups in total. The van der Waals surface area contributed by atoms with E-state index in [0.29, 0.717) is 42.6 Å². The molecule has 0 heterocycles. The van der Waals surface area contributed by atoms with Gasteiger partial charge in [0, 0.05) is 25.9 Å². The van der Waals surface area contributed by atoms with Gasteiger partial charge in [-0.1, -0.05) is 24.3 Å². The minimum atomic E-state index is -3.25. The number of nitrogens with zero attached hydrogens (tertiary/aromatic N) is 1. The Kier molecular flexibility index (Phi) is 11.6. The average molecular weight is 576 g/mol. The summed E-state index contributed by atoms with van der Waals surface area (Å²) in [4.78, 5) is 16.8. The number of carbonyl (C=O) groups excluding carboxylic acids is 1. The summed E-state index contributed by atoms with van der Waals surface area (Å²) in [5, 5.41) is 9.09. The first-order chi connectivity index (χ1) is 14.7. The largest absolute Gasteiger partial charge is 0.357 e. The van der Waals surface area contributed by atoms with E-state index in [2.05, 4.69) is 20.9 Å². The van der Waals surface area contributed by atoms with Gasteiger partial charge in [0.25, 0.3) is 0 Å². The van der Waals surface area contributed by atoms with Crippen LogP contribution >= 0.6 is 24.0 Å². The minimum Gasteiger partial charge on any atom is -0.357 e. The second-order valence-corrected chi connectivity index (χ2v) is 9.13. The molecule has 0 unspecified atom stereocenters. The highest BCUT2D eigenvalue weighted by molar-refractivity contribution is 14.0. The van der Waals surface area contributed by atoms with Crippen molar-refractivity contribution in [3.05, 3.63) is 65.0 Å². The lowest BCUT2D eigenvalue weighted by Gasteiger charge is -2.12. The molecule has 0 aliphatic carbocycles. The van der Waals surface area contributed by atoms with Gasteiger partial charge >= 0.3 is 0 Å². The minimum absolute atomic E-state index is 0. The Morgan fingerprint density at radius 3 is 2.22 bits per heavy atom. The van der Waals surface area contributed by atoms with Gasteiger partial charge in [0.05, 0.1) is 17.9 Å². The summed E-state index contributed by atoms with van der Waals surface area (Å²) < 4.78 is 36.4. The van der Waals surface area contributed by atoms with Crippen LogP contribution in [0.2, 0.25) is 0 Å². The Labute approximate surface area is 206 Å². The highest BCUT2D eigenvalue weighted by Gasteiger charge is 2.10. The summed E-state index contributed by atoms with van der Waals surface area (Å²) >= 11 is 0. The molecular formula is C22H30FIN4O3S. The van der Waals surface area contributed by atoms with Crippen LogP contribution in [0.5, 0.6) is 0 Å². The van der Waals surface area contributed by atoms with Gasteiger partial charge in [0.15, 0.2) is 15.8 Å². The smallest absolute Gasteiger partial charge is 0.224 e. The van der Waals surface area contributed by atoms with Crippen molar-refractivity contribution in [1.82, 2.24) is 16.0 Å². The lowest BCUT2D eigenvalue weighted by Crippen LogP contribution is -2.41. The maximum absolute atomic E-state index is 12.9. The zero-order valence-corrected chi connectivity index (χ0v) is 21.6. The zero-order chi connectivity index (χ0) is 22.9. The van der Waals surface area contributed by atoms with Crippen LogP contribution in [0.1, 0.15) is 23.6 Å². The summed E-state index contributed by atoms with van der Waals surface area (Å²) in [6.07, 6.45) is 1.38. The van der Waals surface area contributed by atoms with Crippen molar-refractivity contribution in [3.63, 3.8) is 0 Å². The highest BCUT2D eigenvalue weighted by atomic mass is 127. The molecule has 0 bridgehead atoms. The van der Waals surface area contributed by atoms with Crippen molar-refractivity contribution < 1.29 is 17.6 Å². The molecule has 32 heavy (non-hydrogen) atoms. The van der Waals surface area contributed by atoms with Crippen molar-refractivity contribution >= 4 is 45.7 Å². The second kappa shape index (κ2) is 13.4. The van der Waals surface area contributed by atoms with Gasteiger partial charge in [0.2, 0.25) is 5.91 Å². The third kappa shape index (κ3) is 9.51. The number of aliphatic imine (C=N–C) groups is 1. The quantitative estimate of drug-likeness (QED) is 0.185. The van der Waals surface area contributed by atoms with Crippen LogP contribution in [-0.2, 0) is 27.6 Å². The molecule has 176 valence electrons. The average Bonchev–Trinajstić information content (AvgIpc) is 2.70. The Bertz CT molecular complexity index is 1030. The number of aryl methyl sites for hydroxylation is 1. The van der Waals surface area contributed by atoms with Crippen LogP contribution in [0, 0.1) is 12.7 Å². The number of sulfone groups is 1. The Hall–Kier alpha value is -2.21. The number of nitrogens with one attached hydrogen (secondary N) is 3. The topological polar surface area (TPSA) is 99.7 Å². The summed E-state index contributed by atoms with van der Waals surface area (Å²) in [6.45, 7) is 5.67. The first kappa shape index (κ1) is 27.8. The summed E-state index contributed by atoms with van der Waals surface area (Å²) in [5.74, 6) is 0.127. The molecule has 10 heteroatoms. The molecule has 0 saturated carbocycles. The number of benzene rings is 2. The van der Waals surface area contributed by atoms with Gasteiger partial charge in [0.1, 0.15) is 5.82 Å². The predicted molar refractivity (Wildman–Crippen MR) is 136 cm³/mol. The summed E-state index contributed by atoms with van der Waals surface area (Å²) in [7, 11) is -3.25. The number of guanidine groups is 1. The first-order valence-corrected chi connectivity index (χ1v) is 11.9. The lowest BCUT2D eigenvalue weighted by molar-refractivity contribution is -0.120. The highest BCUT2D eigenvalue weighted by Crippen LogP contribution is 2.17. The van der Waals surface area contributed by atoms with E-state index in [1.54, 1.807) is 31.2 Å². The van der Waals surface area contributed by atoms with Gasteiger partial charge < -0.3 is 16.0 Å². The van der Waals surface area contributed by atoms with E-state index in [1.165, 1.54) is 18.4 Å². The van der Waals surface area contributed by atoms with Gasteiger partial charge in [-0.05, 0) is 48.7 Å². The molecule has 0 atom stereocenters. The van der Waals surface area contributed by atoms with E-state index in [4.69, 9.17) is 0 Å². The molecule has 2 rings (SSSR count). The van der Waals surface area contributed by atoms with Crippen LogP contribution in [-0.4, -0.2) is 46.2 Å². The van der Waals surface area contributed by atoms with Crippen molar-refractivity contribution in [2.24, 2.45) is 4.99 Å². The second-order valence-electron chi connectivity index (χ2n) is 7.15. The number of halogens is 2. The van der Waals surface area contributed by atoms with E-state index >= 15 is 0 Å². The molecule has 1 amide bonds. The van der Waals surface area contributed by atoms with Gasteiger partial charge in [-0.25, -0.2) is 17.8 Å². The molecule has 0 aromatic heterocycles. The van der Waals surface area contributed by atoms with E-state index < -0.39 is 9.84 Å². The fourth-order valence-corrected chi connectivity index (χ4v) is 3.93. The number of carbonyl (C=O) groups is 1. The Morgan fingerprint density at radius 1 is 1.00 bits per heavy atom. The van der Waals surface area contributed by atoms with Crippen LogP contribution in [0.4, 0.5) is 4.39 Å². The van der Waals surface area contributed by atoms with Crippen molar-refractivity contribution in [2.75, 3.05) is 25.9 Å². The predicted octanol–water partition coefficient (Wildman–Crippen LogP) is 2.57. The SMILES string of the molecule is CCNC(=NCc1ccc(S(C)(=O)=O)c(C)c1)NCCNC(=O)Cc1ccc(F)cc1.I.